The van der Waals surface area contributed by atoms with Crippen LogP contribution in [0, 0.1) is 0 Å². The molecule has 4 aromatic carbocycles. The molecule has 1 atom stereocenters. The molecule has 0 spiro atoms. The van der Waals surface area contributed by atoms with E-state index in [1.165, 1.54) is 12.1 Å². The number of amides is 1. The molecule has 5 rings (SSSR count). The number of hydrogen-bond donors (Lipinski definition) is 2. The number of thioether (sulfide) groups is 1. The number of nitrogens with zero attached hydrogens (tertiary/aromatic N) is 1. The van der Waals surface area contributed by atoms with Crippen LogP contribution in [-0.2, 0) is 6.54 Å². The summed E-state index contributed by atoms with van der Waals surface area (Å²) in [5.74, 6) is -0.709. The van der Waals surface area contributed by atoms with Gasteiger partial charge in [-0.2, -0.15) is 13.2 Å². The Morgan fingerprint density at radius 3 is 2.40 bits per heavy atom. The zero-order chi connectivity index (χ0) is 29.9. The average molecular weight is 593 g/mol. The summed E-state index contributed by atoms with van der Waals surface area (Å²) in [7, 11) is 0. The first kappa shape index (κ1) is 29.1. The van der Waals surface area contributed by atoms with Crippen LogP contribution in [0.4, 0.5) is 18.9 Å². The Balaban J connectivity index is 1.25. The molecule has 1 aliphatic heterocycles. The maximum atomic E-state index is 13.0. The van der Waals surface area contributed by atoms with E-state index < -0.39 is 17.5 Å². The van der Waals surface area contributed by atoms with Crippen molar-refractivity contribution in [3.05, 3.63) is 113 Å². The van der Waals surface area contributed by atoms with Crippen molar-refractivity contribution in [3.63, 3.8) is 0 Å². The van der Waals surface area contributed by atoms with Gasteiger partial charge in [0, 0.05) is 17.0 Å². The minimum absolute atomic E-state index is 0.0839. The van der Waals surface area contributed by atoms with E-state index in [4.69, 9.17) is 4.74 Å². The Hall–Kier alpha value is -4.44. The molecule has 6 nitrogen and oxygen atoms in total. The summed E-state index contributed by atoms with van der Waals surface area (Å²) < 4.78 is 43.7. The molecule has 0 aliphatic carbocycles. The van der Waals surface area contributed by atoms with Crippen LogP contribution >= 0.6 is 11.8 Å². The maximum Gasteiger partial charge on any atom is 0.446 e. The van der Waals surface area contributed by atoms with Gasteiger partial charge in [-0.3, -0.25) is 4.79 Å². The van der Waals surface area contributed by atoms with E-state index in [-0.39, 0.29) is 28.1 Å². The highest BCUT2D eigenvalue weighted by Crippen LogP contribution is 2.37. The fourth-order valence-electron chi connectivity index (χ4n) is 4.84. The second-order valence-electron chi connectivity index (χ2n) is 9.81. The Kier molecular flexibility index (Phi) is 8.44. The molecule has 0 bridgehead atoms. The lowest BCUT2D eigenvalue weighted by atomic mass is 9.98. The van der Waals surface area contributed by atoms with Gasteiger partial charge in [0.25, 0.3) is 5.91 Å². The van der Waals surface area contributed by atoms with Crippen molar-refractivity contribution in [1.82, 2.24) is 5.32 Å². The van der Waals surface area contributed by atoms with E-state index in [2.05, 4.69) is 10.2 Å². The summed E-state index contributed by atoms with van der Waals surface area (Å²) in [5.41, 5.74) is 0.358. The van der Waals surface area contributed by atoms with Crippen molar-refractivity contribution in [1.29, 1.82) is 0 Å². The summed E-state index contributed by atoms with van der Waals surface area (Å²) in [6.07, 6.45) is 0. The first-order valence-corrected chi connectivity index (χ1v) is 14.0. The van der Waals surface area contributed by atoms with Crippen LogP contribution in [0.2, 0.25) is 0 Å². The molecule has 1 aliphatic rings. The number of ether oxygens (including phenoxy) is 1. The lowest BCUT2D eigenvalue weighted by Crippen LogP contribution is -2.32. The van der Waals surface area contributed by atoms with Gasteiger partial charge in [0.15, 0.2) is 0 Å². The van der Waals surface area contributed by atoms with Crippen LogP contribution in [0.15, 0.2) is 95.9 Å². The zero-order valence-corrected chi connectivity index (χ0v) is 23.3. The summed E-state index contributed by atoms with van der Waals surface area (Å²) in [4.78, 5) is 26.8. The van der Waals surface area contributed by atoms with E-state index in [1.54, 1.807) is 49.4 Å². The predicted molar refractivity (Wildman–Crippen MR) is 156 cm³/mol. The monoisotopic (exact) mass is 592 g/mol. The minimum atomic E-state index is -4.35. The molecule has 0 radical (unpaired) electrons. The Bertz CT molecular complexity index is 1590. The van der Waals surface area contributed by atoms with Crippen LogP contribution in [0.1, 0.15) is 44.8 Å². The van der Waals surface area contributed by atoms with Crippen LogP contribution in [0.3, 0.4) is 0 Å². The number of fused-ring (bicyclic) bond motifs is 1. The molecule has 1 amide bonds. The number of benzene rings is 4. The maximum absolute atomic E-state index is 13.0. The first-order valence-electron chi connectivity index (χ1n) is 13.2. The fraction of sp³-hybridized carbons (Fsp3) is 0.188. The van der Waals surface area contributed by atoms with Crippen molar-refractivity contribution in [2.45, 2.75) is 29.9 Å². The smallest absolute Gasteiger partial charge is 0.446 e. The van der Waals surface area contributed by atoms with E-state index in [1.807, 2.05) is 36.4 Å². The number of nitrogens with one attached hydrogen (secondary N) is 1. The lowest BCUT2D eigenvalue weighted by Gasteiger charge is -2.31. The summed E-state index contributed by atoms with van der Waals surface area (Å²) in [5, 5.41) is 12.4. The van der Waals surface area contributed by atoms with Crippen LogP contribution in [0.5, 0.6) is 5.75 Å². The fourth-order valence-corrected chi connectivity index (χ4v) is 5.38. The third-order valence-corrected chi connectivity index (χ3v) is 7.68. The van der Waals surface area contributed by atoms with E-state index in [0.29, 0.717) is 42.1 Å². The van der Waals surface area contributed by atoms with E-state index >= 15 is 0 Å². The Morgan fingerprint density at radius 2 is 1.71 bits per heavy atom. The highest BCUT2D eigenvalue weighted by atomic mass is 32.2. The van der Waals surface area contributed by atoms with Gasteiger partial charge in [0.1, 0.15) is 12.4 Å². The zero-order valence-electron chi connectivity index (χ0n) is 22.5. The number of carbonyl (C=O) groups is 2. The number of halogens is 3. The molecule has 4 aromatic rings. The molecule has 1 heterocycles. The topological polar surface area (TPSA) is 78.9 Å². The van der Waals surface area contributed by atoms with Gasteiger partial charge in [0.05, 0.1) is 23.8 Å². The molecule has 10 heteroatoms. The van der Waals surface area contributed by atoms with Crippen molar-refractivity contribution in [2.75, 3.05) is 18.1 Å². The van der Waals surface area contributed by atoms with Gasteiger partial charge >= 0.3 is 11.5 Å². The van der Waals surface area contributed by atoms with Crippen molar-refractivity contribution >= 4 is 29.3 Å². The van der Waals surface area contributed by atoms with Crippen molar-refractivity contribution in [2.24, 2.45) is 0 Å². The molecule has 42 heavy (non-hydrogen) atoms. The number of hydrogen-bond acceptors (Lipinski definition) is 5. The number of carboxylic acids is 1. The predicted octanol–water partition coefficient (Wildman–Crippen LogP) is 7.55. The lowest BCUT2D eigenvalue weighted by molar-refractivity contribution is -0.0328. The highest BCUT2D eigenvalue weighted by molar-refractivity contribution is 8.00. The van der Waals surface area contributed by atoms with Crippen LogP contribution < -0.4 is 15.0 Å². The second kappa shape index (κ2) is 12.2. The van der Waals surface area contributed by atoms with Crippen molar-refractivity contribution in [3.8, 4) is 16.9 Å². The van der Waals surface area contributed by atoms with Gasteiger partial charge in [-0.1, -0.05) is 54.6 Å². The van der Waals surface area contributed by atoms with E-state index in [9.17, 15) is 27.9 Å². The number of anilines is 1. The summed E-state index contributed by atoms with van der Waals surface area (Å²) in [6, 6.07) is 25.4. The van der Waals surface area contributed by atoms with Gasteiger partial charge in [-0.15, -0.1) is 0 Å². The molecule has 0 saturated heterocycles. The first-order chi connectivity index (χ1) is 20.1. The number of rotatable bonds is 8. The quantitative estimate of drug-likeness (QED) is 0.206. The number of aromatic carboxylic acids is 1. The molecule has 0 fully saturated rings. The van der Waals surface area contributed by atoms with Gasteiger partial charge < -0.3 is 20.1 Å². The molecule has 0 saturated carbocycles. The molecule has 0 aromatic heterocycles. The molecular weight excluding hydrogens is 565 g/mol. The minimum Gasteiger partial charge on any atom is -0.490 e. The van der Waals surface area contributed by atoms with Crippen LogP contribution in [0.25, 0.3) is 11.1 Å². The second-order valence-corrected chi connectivity index (χ2v) is 11.0. The SMILES string of the molecule is C[C@H](NC(=O)c1ccc2c(c1)OCCN2Cc1ccc(-c2ccccc2C(=O)O)cc1)c1ccc(SC(F)(F)F)cc1. The Labute approximate surface area is 245 Å². The molecule has 216 valence electrons. The van der Waals surface area contributed by atoms with E-state index in [0.717, 1.165) is 16.8 Å². The number of carbonyl (C=O) groups excluding carboxylic acids is 1. The third-order valence-electron chi connectivity index (χ3n) is 6.94. The molecule has 2 N–H and O–H groups in total. The van der Waals surface area contributed by atoms with Gasteiger partial charge in [0.2, 0.25) is 0 Å². The van der Waals surface area contributed by atoms with Gasteiger partial charge in [-0.25, -0.2) is 4.79 Å². The molecular formula is C32H27F3N2O4S. The van der Waals surface area contributed by atoms with Gasteiger partial charge in [-0.05, 0) is 77.3 Å². The third kappa shape index (κ3) is 6.88. The van der Waals surface area contributed by atoms with Crippen LogP contribution in [-0.4, -0.2) is 35.6 Å². The summed E-state index contributed by atoms with van der Waals surface area (Å²) in [6.45, 7) is 3.47. The summed E-state index contributed by atoms with van der Waals surface area (Å²) >= 11 is -0.178. The normalized spacial score (nSPS) is 13.6. The Morgan fingerprint density at radius 1 is 1.00 bits per heavy atom. The highest BCUT2D eigenvalue weighted by Gasteiger charge is 2.29. The number of alkyl halides is 3. The largest absolute Gasteiger partial charge is 0.490 e. The molecule has 0 unspecified atom stereocenters. The number of carboxylic acid groups (broad SMARTS) is 1. The standard InChI is InChI=1S/C32H27F3N2O4S/c1-20(22-10-13-25(14-11-22)42-32(33,34)35)36-30(38)24-12-15-28-29(18-24)41-17-16-37(28)19-21-6-8-23(9-7-21)26-4-2-3-5-27(26)31(39)40/h2-15,18,20H,16-17,19H2,1H3,(H,36,38)(H,39,40)/t20-/m0/s1. The average Bonchev–Trinajstić information content (AvgIpc) is 2.97. The van der Waals surface area contributed by atoms with Crippen molar-refractivity contribution < 1.29 is 32.6 Å².